The molecule has 0 aromatic heterocycles. The van der Waals surface area contributed by atoms with Crippen LogP contribution in [-0.4, -0.2) is 6.26 Å². The summed E-state index contributed by atoms with van der Waals surface area (Å²) in [5, 5.41) is 0. The van der Waals surface area contributed by atoms with Gasteiger partial charge >= 0.3 is 0 Å². The van der Waals surface area contributed by atoms with Crippen molar-refractivity contribution in [1.82, 2.24) is 0 Å². The lowest BCUT2D eigenvalue weighted by Crippen LogP contribution is -1.91. The molecule has 0 fully saturated rings. The first-order valence-electron chi connectivity index (χ1n) is 4.21. The van der Waals surface area contributed by atoms with Gasteiger partial charge < -0.3 is 0 Å². The molecule has 0 saturated heterocycles. The van der Waals surface area contributed by atoms with E-state index in [1.807, 2.05) is 0 Å². The fourth-order valence-corrected chi connectivity index (χ4v) is 1.24. The van der Waals surface area contributed by atoms with Gasteiger partial charge in [-0.15, -0.1) is 11.8 Å². The van der Waals surface area contributed by atoms with E-state index in [2.05, 4.69) is 26.7 Å². The molecule has 0 heterocycles. The molecule has 0 spiro atoms. The highest BCUT2D eigenvalue weighted by atomic mass is 32.2. The second-order valence-corrected chi connectivity index (χ2v) is 4.01. The van der Waals surface area contributed by atoms with E-state index in [0.717, 1.165) is 12.3 Å². The van der Waals surface area contributed by atoms with Gasteiger partial charge in [0.05, 0.1) is 0 Å². The number of hydrogen-bond acceptors (Lipinski definition) is 1. The molecule has 0 amide bonds. The van der Waals surface area contributed by atoms with Crippen molar-refractivity contribution in [3.63, 3.8) is 0 Å². The van der Waals surface area contributed by atoms with Crippen LogP contribution in [0.5, 0.6) is 0 Å². The first-order valence-corrected chi connectivity index (χ1v) is 5.44. The Morgan fingerprint density at radius 1 is 1.55 bits per heavy atom. The maximum absolute atomic E-state index is 3.94. The second kappa shape index (κ2) is 6.78. The molecule has 0 aliphatic carbocycles. The Morgan fingerprint density at radius 2 is 2.18 bits per heavy atom. The van der Waals surface area contributed by atoms with E-state index < -0.39 is 0 Å². The molecule has 1 atom stereocenters. The highest BCUT2D eigenvalue weighted by Gasteiger charge is 1.98. The van der Waals surface area contributed by atoms with Gasteiger partial charge in [-0.1, -0.05) is 33.3 Å². The van der Waals surface area contributed by atoms with E-state index in [1.165, 1.54) is 24.2 Å². The third kappa shape index (κ3) is 6.49. The van der Waals surface area contributed by atoms with Crippen molar-refractivity contribution in [2.45, 2.75) is 32.6 Å². The van der Waals surface area contributed by atoms with Gasteiger partial charge in [0.2, 0.25) is 0 Å². The van der Waals surface area contributed by atoms with E-state index in [-0.39, 0.29) is 0 Å². The van der Waals surface area contributed by atoms with Crippen LogP contribution in [-0.2, 0) is 0 Å². The summed E-state index contributed by atoms with van der Waals surface area (Å²) < 4.78 is 0. The molecule has 0 N–H and O–H groups in total. The second-order valence-electron chi connectivity index (χ2n) is 3.03. The lowest BCUT2D eigenvalue weighted by Gasteiger charge is -2.07. The van der Waals surface area contributed by atoms with E-state index in [9.17, 15) is 0 Å². The molecule has 0 aromatic rings. The Balaban J connectivity index is 3.20. The Morgan fingerprint density at radius 3 is 2.64 bits per heavy atom. The van der Waals surface area contributed by atoms with Crippen molar-refractivity contribution < 1.29 is 0 Å². The van der Waals surface area contributed by atoms with Crippen LogP contribution in [0.1, 0.15) is 32.6 Å². The molecule has 0 rings (SSSR count). The Kier molecular flexibility index (Phi) is 6.83. The SMILES string of the molecule is [CH2]CC(C)CCCC(=C)SC. The first kappa shape index (κ1) is 11.1. The zero-order valence-corrected chi connectivity index (χ0v) is 8.54. The highest BCUT2D eigenvalue weighted by Crippen LogP contribution is 2.19. The molecule has 1 unspecified atom stereocenters. The minimum absolute atomic E-state index is 0.782. The van der Waals surface area contributed by atoms with Crippen LogP contribution in [0.4, 0.5) is 0 Å². The monoisotopic (exact) mass is 171 g/mol. The predicted octanol–water partition coefficient (Wildman–Crippen LogP) is 3.89. The van der Waals surface area contributed by atoms with Crippen LogP contribution < -0.4 is 0 Å². The molecule has 11 heavy (non-hydrogen) atoms. The van der Waals surface area contributed by atoms with Gasteiger partial charge in [-0.25, -0.2) is 0 Å². The minimum atomic E-state index is 0.782. The normalized spacial score (nSPS) is 13.0. The summed E-state index contributed by atoms with van der Waals surface area (Å²) in [7, 11) is 0. The average Bonchev–Trinajstić information content (AvgIpc) is 2.04. The Bertz CT molecular complexity index is 107. The first-order chi connectivity index (χ1) is 5.20. The minimum Gasteiger partial charge on any atom is -0.135 e. The molecule has 1 heteroatoms. The van der Waals surface area contributed by atoms with Gasteiger partial charge in [-0.05, 0) is 29.9 Å². The molecule has 0 saturated carbocycles. The lowest BCUT2D eigenvalue weighted by atomic mass is 10.0. The van der Waals surface area contributed by atoms with Crippen LogP contribution in [0.25, 0.3) is 0 Å². The van der Waals surface area contributed by atoms with Crippen LogP contribution in [0.15, 0.2) is 11.5 Å². The quantitative estimate of drug-likeness (QED) is 0.584. The predicted molar refractivity (Wildman–Crippen MR) is 55.6 cm³/mol. The number of thioether (sulfide) groups is 1. The van der Waals surface area contributed by atoms with Crippen molar-refractivity contribution >= 4 is 11.8 Å². The van der Waals surface area contributed by atoms with E-state index in [1.54, 1.807) is 11.8 Å². The summed E-state index contributed by atoms with van der Waals surface area (Å²) in [4.78, 5) is 1.31. The summed E-state index contributed by atoms with van der Waals surface area (Å²) >= 11 is 1.77. The van der Waals surface area contributed by atoms with Crippen molar-refractivity contribution in [3.05, 3.63) is 18.4 Å². The molecular formula is C10H19S. The lowest BCUT2D eigenvalue weighted by molar-refractivity contribution is 0.517. The highest BCUT2D eigenvalue weighted by molar-refractivity contribution is 8.02. The molecule has 65 valence electrons. The van der Waals surface area contributed by atoms with E-state index in [4.69, 9.17) is 0 Å². The summed E-state index contributed by atoms with van der Waals surface area (Å²) in [5.41, 5.74) is 0. The fraction of sp³-hybridized carbons (Fsp3) is 0.700. The number of rotatable bonds is 6. The summed E-state index contributed by atoms with van der Waals surface area (Å²) in [6.07, 6.45) is 6.89. The Hall–Kier alpha value is 0.0900. The smallest absolute Gasteiger partial charge is 0.0140 e. The van der Waals surface area contributed by atoms with Gasteiger partial charge in [-0.2, -0.15) is 0 Å². The van der Waals surface area contributed by atoms with Crippen molar-refractivity contribution in [2.24, 2.45) is 5.92 Å². The Labute approximate surface area is 75.5 Å². The molecule has 0 aromatic carbocycles. The zero-order valence-electron chi connectivity index (χ0n) is 7.73. The summed E-state index contributed by atoms with van der Waals surface area (Å²) in [6.45, 7) is 10.1. The maximum Gasteiger partial charge on any atom is -0.0140 e. The van der Waals surface area contributed by atoms with Crippen LogP contribution in [0, 0.1) is 12.8 Å². The molecule has 0 nitrogen and oxygen atoms in total. The largest absolute Gasteiger partial charge is 0.135 e. The van der Waals surface area contributed by atoms with Gasteiger partial charge in [0.1, 0.15) is 0 Å². The van der Waals surface area contributed by atoms with Gasteiger partial charge in [-0.3, -0.25) is 0 Å². The van der Waals surface area contributed by atoms with Crippen molar-refractivity contribution in [2.75, 3.05) is 6.26 Å². The topological polar surface area (TPSA) is 0 Å². The van der Waals surface area contributed by atoms with Crippen molar-refractivity contribution in [1.29, 1.82) is 0 Å². The van der Waals surface area contributed by atoms with Crippen molar-refractivity contribution in [3.8, 4) is 0 Å². The molecule has 0 aliphatic heterocycles. The van der Waals surface area contributed by atoms with E-state index in [0.29, 0.717) is 0 Å². The third-order valence-corrected chi connectivity index (χ3v) is 2.72. The molecule has 0 bridgehead atoms. The van der Waals surface area contributed by atoms with Gasteiger partial charge in [0.25, 0.3) is 0 Å². The average molecular weight is 171 g/mol. The number of allylic oxidation sites excluding steroid dienone is 1. The third-order valence-electron chi connectivity index (χ3n) is 1.93. The standard InChI is InChI=1S/C10H19S/c1-5-9(2)7-6-8-10(3)11-4/h9H,1,3,5-8H2,2,4H3. The fourth-order valence-electron chi connectivity index (χ4n) is 0.894. The van der Waals surface area contributed by atoms with Crippen LogP contribution >= 0.6 is 11.8 Å². The van der Waals surface area contributed by atoms with Crippen LogP contribution in [0.2, 0.25) is 0 Å². The summed E-state index contributed by atoms with van der Waals surface area (Å²) in [6, 6.07) is 0. The van der Waals surface area contributed by atoms with Gasteiger partial charge in [0.15, 0.2) is 0 Å². The zero-order chi connectivity index (χ0) is 8.69. The molecule has 1 radical (unpaired) electrons. The van der Waals surface area contributed by atoms with Gasteiger partial charge in [0, 0.05) is 0 Å². The summed E-state index contributed by atoms with van der Waals surface area (Å²) in [5.74, 6) is 0.782. The maximum atomic E-state index is 3.94. The number of hydrogen-bond donors (Lipinski definition) is 0. The molecule has 0 aliphatic rings. The molecular weight excluding hydrogens is 152 g/mol. The van der Waals surface area contributed by atoms with Crippen LogP contribution in [0.3, 0.4) is 0 Å². The van der Waals surface area contributed by atoms with E-state index >= 15 is 0 Å².